The van der Waals surface area contributed by atoms with Crippen LogP contribution in [0.4, 0.5) is 0 Å². The molecule has 6 heteroatoms. The number of hydrogen-bond acceptors (Lipinski definition) is 4. The van der Waals surface area contributed by atoms with E-state index in [0.717, 1.165) is 58.4 Å². The Morgan fingerprint density at radius 3 is 2.23 bits per heavy atom. The maximum Gasteiger partial charge on any atom is 0.225 e. The third-order valence-corrected chi connectivity index (χ3v) is 6.56. The van der Waals surface area contributed by atoms with Gasteiger partial charge in [0.1, 0.15) is 0 Å². The third kappa shape index (κ3) is 5.41. The van der Waals surface area contributed by atoms with E-state index in [1.807, 2.05) is 11.0 Å². The van der Waals surface area contributed by atoms with Crippen LogP contribution in [-0.2, 0) is 27.4 Å². The Labute approximate surface area is 179 Å². The lowest BCUT2D eigenvalue weighted by Gasteiger charge is -2.35. The zero-order valence-corrected chi connectivity index (χ0v) is 18.3. The van der Waals surface area contributed by atoms with Crippen LogP contribution in [0.3, 0.4) is 0 Å². The number of likely N-dealkylation sites (tertiary alicyclic amines) is 1. The van der Waals surface area contributed by atoms with Gasteiger partial charge in [0.25, 0.3) is 0 Å². The molecule has 3 aliphatic rings. The lowest BCUT2D eigenvalue weighted by atomic mass is 9.95. The molecule has 1 aromatic carbocycles. The summed E-state index contributed by atoms with van der Waals surface area (Å²) in [4.78, 5) is 29.3. The summed E-state index contributed by atoms with van der Waals surface area (Å²) in [5.74, 6) is 0.706. The quantitative estimate of drug-likeness (QED) is 0.779. The van der Waals surface area contributed by atoms with Crippen LogP contribution in [-0.4, -0.2) is 60.0 Å². The molecule has 0 aromatic heterocycles. The van der Waals surface area contributed by atoms with Crippen molar-refractivity contribution in [3.8, 4) is 0 Å². The average Bonchev–Trinajstić information content (AvgIpc) is 3.57. The first-order valence-electron chi connectivity index (χ1n) is 11.5. The molecule has 1 N–H and O–H groups in total. The van der Waals surface area contributed by atoms with Crippen molar-refractivity contribution in [1.29, 1.82) is 0 Å². The molecule has 2 atom stereocenters. The van der Waals surface area contributed by atoms with E-state index in [1.54, 1.807) is 0 Å². The van der Waals surface area contributed by atoms with Crippen molar-refractivity contribution >= 4 is 11.8 Å². The van der Waals surface area contributed by atoms with Crippen LogP contribution < -0.4 is 5.32 Å². The second kappa shape index (κ2) is 9.48. The first-order chi connectivity index (χ1) is 14.5. The monoisotopic (exact) mass is 413 g/mol. The average molecular weight is 414 g/mol. The van der Waals surface area contributed by atoms with Gasteiger partial charge in [-0.3, -0.25) is 14.5 Å². The molecule has 2 aliphatic heterocycles. The fourth-order valence-electron chi connectivity index (χ4n) is 4.82. The molecule has 1 aromatic rings. The summed E-state index contributed by atoms with van der Waals surface area (Å²) in [7, 11) is 0. The van der Waals surface area contributed by atoms with E-state index in [-0.39, 0.29) is 30.0 Å². The molecular weight excluding hydrogens is 378 g/mol. The molecule has 2 amide bonds. The van der Waals surface area contributed by atoms with Crippen molar-refractivity contribution in [2.75, 3.05) is 26.2 Å². The smallest absolute Gasteiger partial charge is 0.225 e. The molecule has 164 valence electrons. The van der Waals surface area contributed by atoms with Crippen LogP contribution in [0, 0.1) is 11.8 Å². The first kappa shape index (κ1) is 21.3. The summed E-state index contributed by atoms with van der Waals surface area (Å²) >= 11 is 0. The third-order valence-electron chi connectivity index (χ3n) is 6.56. The van der Waals surface area contributed by atoms with E-state index in [2.05, 4.69) is 42.3 Å². The number of morpholine rings is 1. The largest absolute Gasteiger partial charge is 0.373 e. The molecule has 0 radical (unpaired) electrons. The predicted molar refractivity (Wildman–Crippen MR) is 116 cm³/mol. The normalized spacial score (nSPS) is 25.9. The number of amides is 2. The number of carbonyl (C=O) groups is 2. The Morgan fingerprint density at radius 1 is 0.967 bits per heavy atom. The number of nitrogens with one attached hydrogen (secondary N) is 1. The molecule has 30 heavy (non-hydrogen) atoms. The van der Waals surface area contributed by atoms with Crippen LogP contribution >= 0.6 is 0 Å². The Kier molecular flexibility index (Phi) is 6.74. The van der Waals surface area contributed by atoms with Gasteiger partial charge in [0, 0.05) is 51.1 Å². The van der Waals surface area contributed by atoms with Crippen LogP contribution in [0.1, 0.15) is 50.7 Å². The van der Waals surface area contributed by atoms with Gasteiger partial charge in [-0.2, -0.15) is 0 Å². The van der Waals surface area contributed by atoms with Gasteiger partial charge in [-0.15, -0.1) is 0 Å². The van der Waals surface area contributed by atoms with Crippen molar-refractivity contribution in [2.24, 2.45) is 11.8 Å². The van der Waals surface area contributed by atoms with Crippen LogP contribution in [0.25, 0.3) is 0 Å². The Bertz CT molecular complexity index is 746. The van der Waals surface area contributed by atoms with E-state index < -0.39 is 0 Å². The molecular formula is C24H35N3O3. The highest BCUT2D eigenvalue weighted by Gasteiger charge is 2.36. The molecule has 6 nitrogen and oxygen atoms in total. The highest BCUT2D eigenvalue weighted by molar-refractivity contribution is 5.82. The molecule has 0 bridgehead atoms. The highest BCUT2D eigenvalue weighted by atomic mass is 16.5. The van der Waals surface area contributed by atoms with Crippen molar-refractivity contribution in [3.05, 3.63) is 35.4 Å². The summed E-state index contributed by atoms with van der Waals surface area (Å²) in [5.41, 5.74) is 2.45. The van der Waals surface area contributed by atoms with Crippen molar-refractivity contribution in [1.82, 2.24) is 15.1 Å². The lowest BCUT2D eigenvalue weighted by molar-refractivity contribution is -0.136. The van der Waals surface area contributed by atoms with Crippen LogP contribution in [0.2, 0.25) is 0 Å². The molecule has 1 saturated carbocycles. The zero-order valence-electron chi connectivity index (χ0n) is 18.3. The van der Waals surface area contributed by atoms with Gasteiger partial charge < -0.3 is 15.0 Å². The van der Waals surface area contributed by atoms with Crippen LogP contribution in [0.15, 0.2) is 24.3 Å². The van der Waals surface area contributed by atoms with Gasteiger partial charge >= 0.3 is 0 Å². The fraction of sp³-hybridized carbons (Fsp3) is 0.667. The van der Waals surface area contributed by atoms with E-state index in [1.165, 1.54) is 11.1 Å². The van der Waals surface area contributed by atoms with Gasteiger partial charge in [-0.1, -0.05) is 24.3 Å². The summed E-state index contributed by atoms with van der Waals surface area (Å²) in [6.07, 6.45) is 4.13. The van der Waals surface area contributed by atoms with E-state index in [0.29, 0.717) is 12.5 Å². The van der Waals surface area contributed by atoms with Crippen molar-refractivity contribution in [2.45, 2.75) is 64.8 Å². The minimum atomic E-state index is 0.0151. The zero-order chi connectivity index (χ0) is 21.1. The number of carbonyl (C=O) groups excluding carboxylic acids is 2. The van der Waals surface area contributed by atoms with Crippen molar-refractivity contribution < 1.29 is 14.3 Å². The number of hydrogen-bond donors (Lipinski definition) is 1. The standard InChI is InChI=1S/C24H35N3O3/c1-17-14-26(15-18(2)30-17)16-22-6-4-3-5-21(22)13-25-23(28)19-9-11-27(12-10-19)24(29)20-7-8-20/h3-6,17-20H,7-16H2,1-2H3,(H,25,28)/t17-,18+. The molecule has 4 rings (SSSR count). The van der Waals surface area contributed by atoms with Crippen LogP contribution in [0.5, 0.6) is 0 Å². The maximum atomic E-state index is 12.7. The van der Waals surface area contributed by atoms with Gasteiger partial charge in [-0.25, -0.2) is 0 Å². The van der Waals surface area contributed by atoms with E-state index in [4.69, 9.17) is 4.74 Å². The fourth-order valence-corrected chi connectivity index (χ4v) is 4.82. The predicted octanol–water partition coefficient (Wildman–Crippen LogP) is 2.56. The van der Waals surface area contributed by atoms with Gasteiger partial charge in [0.05, 0.1) is 12.2 Å². The molecule has 2 saturated heterocycles. The topological polar surface area (TPSA) is 61.9 Å². The molecule has 1 aliphatic carbocycles. The number of rotatable bonds is 6. The summed E-state index contributed by atoms with van der Waals surface area (Å²) < 4.78 is 5.85. The van der Waals surface area contributed by atoms with Gasteiger partial charge in [0.15, 0.2) is 0 Å². The Morgan fingerprint density at radius 2 is 1.60 bits per heavy atom. The van der Waals surface area contributed by atoms with E-state index in [9.17, 15) is 9.59 Å². The summed E-state index contributed by atoms with van der Waals surface area (Å²) in [6, 6.07) is 8.38. The minimum absolute atomic E-state index is 0.0151. The van der Waals surface area contributed by atoms with E-state index >= 15 is 0 Å². The Balaban J connectivity index is 1.27. The van der Waals surface area contributed by atoms with Crippen molar-refractivity contribution in [3.63, 3.8) is 0 Å². The second-order valence-electron chi connectivity index (χ2n) is 9.31. The number of benzene rings is 1. The number of piperidine rings is 1. The number of ether oxygens (including phenoxy) is 1. The number of nitrogens with zero attached hydrogens (tertiary/aromatic N) is 2. The Hall–Kier alpha value is -1.92. The molecule has 2 heterocycles. The maximum absolute atomic E-state index is 12.7. The van der Waals surface area contributed by atoms with Gasteiger partial charge in [0.2, 0.25) is 11.8 Å². The molecule has 3 fully saturated rings. The molecule has 0 unspecified atom stereocenters. The molecule has 0 spiro atoms. The van der Waals surface area contributed by atoms with Gasteiger partial charge in [-0.05, 0) is 50.7 Å². The summed E-state index contributed by atoms with van der Waals surface area (Å²) in [6.45, 7) is 9.00. The SMILES string of the molecule is C[C@@H]1CN(Cc2ccccc2CNC(=O)C2CCN(C(=O)C3CC3)CC2)C[C@H](C)O1. The second-order valence-corrected chi connectivity index (χ2v) is 9.31. The summed E-state index contributed by atoms with van der Waals surface area (Å²) in [5, 5.41) is 3.16. The lowest BCUT2D eigenvalue weighted by Crippen LogP contribution is -2.45. The first-order valence-corrected chi connectivity index (χ1v) is 11.5. The highest BCUT2D eigenvalue weighted by Crippen LogP contribution is 2.32. The minimum Gasteiger partial charge on any atom is -0.373 e.